The highest BCUT2D eigenvalue weighted by Crippen LogP contribution is 2.24. The first-order chi connectivity index (χ1) is 8.83. The highest BCUT2D eigenvalue weighted by molar-refractivity contribution is 6.84. The molecule has 0 aliphatic carbocycles. The van der Waals surface area contributed by atoms with Gasteiger partial charge in [-0.1, -0.05) is 19.8 Å². The van der Waals surface area contributed by atoms with Crippen LogP contribution in [0.3, 0.4) is 0 Å². The Bertz CT molecular complexity index is 221. The second kappa shape index (κ2) is 10.1. The zero-order valence-electron chi connectivity index (χ0n) is 13.9. The van der Waals surface area contributed by atoms with Gasteiger partial charge in [0.2, 0.25) is 0 Å². The predicted octanol–water partition coefficient (Wildman–Crippen LogP) is 4.27. The molecule has 0 heterocycles. The number of hydrogen-bond donors (Lipinski definition) is 0. The van der Waals surface area contributed by atoms with Crippen molar-refractivity contribution in [1.29, 1.82) is 0 Å². The first-order valence-electron chi connectivity index (χ1n) is 7.60. The Morgan fingerprint density at radius 2 is 1.37 bits per heavy atom. The molecule has 0 aliphatic rings. The summed E-state index contributed by atoms with van der Waals surface area (Å²) in [5.41, 5.74) is 0. The van der Waals surface area contributed by atoms with Crippen molar-refractivity contribution >= 4 is 16.6 Å². The summed E-state index contributed by atoms with van der Waals surface area (Å²) in [4.78, 5) is 0. The van der Waals surface area contributed by atoms with Gasteiger partial charge in [-0.05, 0) is 44.7 Å². The van der Waals surface area contributed by atoms with Crippen molar-refractivity contribution in [1.82, 2.24) is 0 Å². The molecule has 0 atom stereocenters. The molecular formula is C14H34O3Si2. The normalized spacial score (nSPS) is 12.9. The maximum atomic E-state index is 6.55. The lowest BCUT2D eigenvalue weighted by Crippen LogP contribution is -2.44. The van der Waals surface area contributed by atoms with E-state index in [1.807, 2.05) is 0 Å². The summed E-state index contributed by atoms with van der Waals surface area (Å²) in [6.07, 6.45) is 3.69. The molecule has 19 heavy (non-hydrogen) atoms. The summed E-state index contributed by atoms with van der Waals surface area (Å²) in [5, 5.41) is 0. The van der Waals surface area contributed by atoms with Gasteiger partial charge in [0.1, 0.15) is 0 Å². The largest absolute Gasteiger partial charge is 0.455 e. The average molecular weight is 307 g/mol. The van der Waals surface area contributed by atoms with E-state index in [9.17, 15) is 0 Å². The molecule has 0 radical (unpaired) electrons. The Balaban J connectivity index is 3.83. The minimum atomic E-state index is -1.51. The fraction of sp³-hybridized carbons (Fsp3) is 1.00. The van der Waals surface area contributed by atoms with E-state index in [1.165, 1.54) is 24.9 Å². The third-order valence-electron chi connectivity index (χ3n) is 3.18. The van der Waals surface area contributed by atoms with Gasteiger partial charge in [-0.2, -0.15) is 0 Å². The highest BCUT2D eigenvalue weighted by atomic mass is 28.4. The van der Waals surface area contributed by atoms with Crippen molar-refractivity contribution in [3.8, 4) is 0 Å². The molecule has 0 aromatic heterocycles. The van der Waals surface area contributed by atoms with Gasteiger partial charge in [0, 0.05) is 13.7 Å². The molecule has 0 rings (SSSR count). The van der Waals surface area contributed by atoms with Gasteiger partial charge in [-0.3, -0.25) is 0 Å². The molecule has 0 saturated heterocycles. The zero-order valence-corrected chi connectivity index (χ0v) is 15.9. The zero-order chi connectivity index (χ0) is 14.8. The van der Waals surface area contributed by atoms with Crippen LogP contribution in [0, 0.1) is 0 Å². The molecule has 0 amide bonds. The van der Waals surface area contributed by atoms with Crippen molar-refractivity contribution in [3.63, 3.8) is 0 Å². The van der Waals surface area contributed by atoms with Crippen LogP contribution in [0.4, 0.5) is 0 Å². The number of hydrogen-bond acceptors (Lipinski definition) is 3. The predicted molar refractivity (Wildman–Crippen MR) is 87.9 cm³/mol. The molecule has 0 fully saturated rings. The van der Waals surface area contributed by atoms with Crippen LogP contribution in [-0.4, -0.2) is 43.6 Å². The number of ether oxygens (including phenoxy) is 2. The standard InChI is InChI=1S/C14H34O3Si2/c1-7-8-13-18(3,4)17-19(5,6)14-9-10-16-12-11-15-2/h7-14H2,1-6H3. The van der Waals surface area contributed by atoms with E-state index in [0.717, 1.165) is 13.0 Å². The second-order valence-corrected chi connectivity index (χ2v) is 15.3. The van der Waals surface area contributed by atoms with E-state index in [4.69, 9.17) is 13.6 Å². The molecule has 3 nitrogen and oxygen atoms in total. The summed E-state index contributed by atoms with van der Waals surface area (Å²) in [6.45, 7) is 13.9. The van der Waals surface area contributed by atoms with Gasteiger partial charge in [0.05, 0.1) is 13.2 Å². The molecule has 0 aliphatic heterocycles. The van der Waals surface area contributed by atoms with E-state index in [2.05, 4.69) is 33.1 Å². The molecule has 0 aromatic rings. The van der Waals surface area contributed by atoms with E-state index < -0.39 is 16.6 Å². The monoisotopic (exact) mass is 306 g/mol. The topological polar surface area (TPSA) is 27.7 Å². The summed E-state index contributed by atoms with van der Waals surface area (Å²) in [6, 6.07) is 2.49. The lowest BCUT2D eigenvalue weighted by molar-refractivity contribution is 0.0707. The lowest BCUT2D eigenvalue weighted by Gasteiger charge is -2.34. The minimum absolute atomic E-state index is 0.689. The number of unbranched alkanes of at least 4 members (excludes halogenated alkanes) is 1. The average Bonchev–Trinajstić information content (AvgIpc) is 2.30. The Labute approximate surface area is 122 Å². The SMILES string of the molecule is CCCC[Si](C)(C)O[Si](C)(C)CCCOCCOC. The molecular weight excluding hydrogens is 272 g/mol. The van der Waals surface area contributed by atoms with Crippen LogP contribution in [0.2, 0.25) is 38.3 Å². The van der Waals surface area contributed by atoms with Gasteiger partial charge in [-0.25, -0.2) is 0 Å². The fourth-order valence-electron chi connectivity index (χ4n) is 2.30. The van der Waals surface area contributed by atoms with Crippen LogP contribution >= 0.6 is 0 Å². The molecule has 0 aromatic carbocycles. The quantitative estimate of drug-likeness (QED) is 0.398. The number of rotatable bonds is 12. The first kappa shape index (κ1) is 19.3. The van der Waals surface area contributed by atoms with Gasteiger partial charge in [0.15, 0.2) is 16.6 Å². The summed E-state index contributed by atoms with van der Waals surface area (Å²) in [5.74, 6) is 0. The maximum absolute atomic E-state index is 6.55. The van der Waals surface area contributed by atoms with Crippen LogP contribution in [0.1, 0.15) is 26.2 Å². The van der Waals surface area contributed by atoms with Crippen LogP contribution in [0.25, 0.3) is 0 Å². The molecule has 0 saturated carbocycles. The van der Waals surface area contributed by atoms with Gasteiger partial charge in [0.25, 0.3) is 0 Å². The van der Waals surface area contributed by atoms with Crippen molar-refractivity contribution in [2.24, 2.45) is 0 Å². The van der Waals surface area contributed by atoms with E-state index in [-0.39, 0.29) is 0 Å². The summed E-state index contributed by atoms with van der Waals surface area (Å²) < 4.78 is 17.0. The first-order valence-corrected chi connectivity index (χ1v) is 13.8. The molecule has 0 bridgehead atoms. The van der Waals surface area contributed by atoms with Crippen molar-refractivity contribution in [3.05, 3.63) is 0 Å². The third-order valence-corrected chi connectivity index (χ3v) is 10.7. The lowest BCUT2D eigenvalue weighted by atomic mass is 10.4. The van der Waals surface area contributed by atoms with Crippen LogP contribution in [0.5, 0.6) is 0 Å². The van der Waals surface area contributed by atoms with Gasteiger partial charge >= 0.3 is 0 Å². The van der Waals surface area contributed by atoms with Crippen LogP contribution in [0.15, 0.2) is 0 Å². The molecule has 0 unspecified atom stereocenters. The van der Waals surface area contributed by atoms with Crippen LogP contribution < -0.4 is 0 Å². The minimum Gasteiger partial charge on any atom is -0.455 e. The molecule has 0 N–H and O–H groups in total. The maximum Gasteiger partial charge on any atom is 0.173 e. The Hall–Kier alpha value is 0.314. The molecule has 0 spiro atoms. The molecule has 5 heteroatoms. The number of methoxy groups -OCH3 is 1. The Morgan fingerprint density at radius 3 is 1.89 bits per heavy atom. The van der Waals surface area contributed by atoms with Crippen molar-refractivity contribution in [2.75, 3.05) is 26.9 Å². The van der Waals surface area contributed by atoms with E-state index >= 15 is 0 Å². The highest BCUT2D eigenvalue weighted by Gasteiger charge is 2.31. The molecule has 116 valence electrons. The third kappa shape index (κ3) is 11.8. The van der Waals surface area contributed by atoms with Gasteiger partial charge < -0.3 is 13.6 Å². The van der Waals surface area contributed by atoms with Gasteiger partial charge in [-0.15, -0.1) is 0 Å². The summed E-state index contributed by atoms with van der Waals surface area (Å²) in [7, 11) is -1.24. The fourth-order valence-corrected chi connectivity index (χ4v) is 11.3. The van der Waals surface area contributed by atoms with E-state index in [1.54, 1.807) is 7.11 Å². The van der Waals surface area contributed by atoms with Crippen molar-refractivity contribution < 1.29 is 13.6 Å². The smallest absolute Gasteiger partial charge is 0.173 e. The summed E-state index contributed by atoms with van der Waals surface area (Å²) >= 11 is 0. The Kier molecular flexibility index (Phi) is 10.3. The van der Waals surface area contributed by atoms with Crippen molar-refractivity contribution in [2.45, 2.75) is 64.5 Å². The second-order valence-electron chi connectivity index (χ2n) is 6.43. The van der Waals surface area contributed by atoms with E-state index in [0.29, 0.717) is 13.2 Å². The van der Waals surface area contributed by atoms with Crippen LogP contribution in [-0.2, 0) is 13.6 Å². The Morgan fingerprint density at radius 1 is 0.789 bits per heavy atom.